The predicted molar refractivity (Wildman–Crippen MR) is 47.5 cm³/mol. The molecule has 1 nitrogen and oxygen atoms in total. The van der Waals surface area contributed by atoms with Crippen LogP contribution in [0.2, 0.25) is 0 Å². The molecule has 0 aliphatic carbocycles. The molecule has 1 heteroatoms. The van der Waals surface area contributed by atoms with Gasteiger partial charge < -0.3 is 4.90 Å². The number of hydrogen-bond acceptors (Lipinski definition) is 1. The number of para-hydroxylation sites is 1. The van der Waals surface area contributed by atoms with Crippen molar-refractivity contribution in [2.75, 3.05) is 11.4 Å². The second kappa shape index (κ2) is 2.57. The van der Waals surface area contributed by atoms with Gasteiger partial charge in [-0.2, -0.15) is 0 Å². The maximum Gasteiger partial charge on any atom is 0.0537 e. The molecule has 1 aliphatic heterocycles. The van der Waals surface area contributed by atoms with E-state index in [1.54, 1.807) is 0 Å². The van der Waals surface area contributed by atoms with Crippen LogP contribution in [0.15, 0.2) is 24.3 Å². The Balaban J connectivity index is 2.39. The van der Waals surface area contributed by atoms with Crippen LogP contribution in [0.1, 0.15) is 12.5 Å². The molecule has 0 saturated carbocycles. The van der Waals surface area contributed by atoms with Crippen LogP contribution >= 0.6 is 0 Å². The van der Waals surface area contributed by atoms with Crippen LogP contribution in [-0.4, -0.2) is 6.54 Å². The van der Waals surface area contributed by atoms with E-state index in [0.717, 1.165) is 13.0 Å². The van der Waals surface area contributed by atoms with E-state index in [2.05, 4.69) is 42.6 Å². The quantitative estimate of drug-likeness (QED) is 0.587. The summed E-state index contributed by atoms with van der Waals surface area (Å²) in [6.07, 6.45) is 1.10. The molecule has 0 unspecified atom stereocenters. The maximum atomic E-state index is 2.30. The molecule has 1 radical (unpaired) electrons. The Bertz CT molecular complexity index is 255. The summed E-state index contributed by atoms with van der Waals surface area (Å²) in [5.41, 5.74) is 2.84. The maximum absolute atomic E-state index is 2.30. The van der Waals surface area contributed by atoms with Crippen LogP contribution in [-0.2, 0) is 6.42 Å². The minimum atomic E-state index is 1.08. The highest BCUT2D eigenvalue weighted by Gasteiger charge is 2.15. The van der Waals surface area contributed by atoms with Gasteiger partial charge in [-0.3, -0.25) is 0 Å². The highest BCUT2D eigenvalue weighted by Crippen LogP contribution is 2.28. The van der Waals surface area contributed by atoms with Crippen LogP contribution in [0.3, 0.4) is 0 Å². The first-order chi connectivity index (χ1) is 5.42. The lowest BCUT2D eigenvalue weighted by Crippen LogP contribution is -2.14. The fourth-order valence-electron chi connectivity index (χ4n) is 1.57. The van der Waals surface area contributed by atoms with Crippen LogP contribution < -0.4 is 4.90 Å². The molecule has 0 fully saturated rings. The van der Waals surface area contributed by atoms with Crippen LogP contribution in [0.25, 0.3) is 0 Å². The van der Waals surface area contributed by atoms with E-state index in [0.29, 0.717) is 0 Å². The number of benzene rings is 1. The summed E-state index contributed by atoms with van der Waals surface area (Å²) in [6.45, 7) is 5.51. The fraction of sp³-hybridized carbons (Fsp3) is 0.300. The van der Waals surface area contributed by atoms with Crippen molar-refractivity contribution in [2.45, 2.75) is 13.3 Å². The average Bonchev–Trinajstić information content (AvgIpc) is 2.47. The van der Waals surface area contributed by atoms with Gasteiger partial charge in [0, 0.05) is 12.2 Å². The Labute approximate surface area is 67.6 Å². The van der Waals surface area contributed by atoms with Gasteiger partial charge >= 0.3 is 0 Å². The predicted octanol–water partition coefficient (Wildman–Crippen LogP) is 2.23. The summed E-state index contributed by atoms with van der Waals surface area (Å²) in [7, 11) is 0. The van der Waals surface area contributed by atoms with E-state index < -0.39 is 0 Å². The SMILES string of the molecule is CCN1[CH]Cc2ccccc21. The third-order valence-corrected chi connectivity index (χ3v) is 2.17. The fourth-order valence-corrected chi connectivity index (χ4v) is 1.57. The summed E-state index contributed by atoms with van der Waals surface area (Å²) in [5.74, 6) is 0. The van der Waals surface area contributed by atoms with Crippen LogP contribution in [0.4, 0.5) is 5.69 Å². The molecule has 0 aromatic heterocycles. The van der Waals surface area contributed by atoms with Gasteiger partial charge in [0.2, 0.25) is 0 Å². The highest BCUT2D eigenvalue weighted by atomic mass is 15.1. The minimum Gasteiger partial charge on any atom is -0.366 e. The molecule has 0 spiro atoms. The molecule has 1 aliphatic rings. The van der Waals surface area contributed by atoms with Gasteiger partial charge in [-0.1, -0.05) is 18.2 Å². The molecule has 11 heavy (non-hydrogen) atoms. The summed E-state index contributed by atoms with van der Waals surface area (Å²) in [4.78, 5) is 2.30. The average molecular weight is 146 g/mol. The van der Waals surface area contributed by atoms with Crippen LogP contribution in [0.5, 0.6) is 0 Å². The van der Waals surface area contributed by atoms with E-state index in [1.165, 1.54) is 11.3 Å². The first-order valence-corrected chi connectivity index (χ1v) is 4.09. The first-order valence-electron chi connectivity index (χ1n) is 4.09. The number of fused-ring (bicyclic) bond motifs is 1. The Hall–Kier alpha value is -0.980. The van der Waals surface area contributed by atoms with Crippen molar-refractivity contribution in [1.82, 2.24) is 0 Å². The number of hydrogen-bond donors (Lipinski definition) is 0. The molecule has 1 heterocycles. The van der Waals surface area contributed by atoms with Crippen molar-refractivity contribution >= 4 is 5.69 Å². The standard InChI is InChI=1S/C10H12N/c1-2-11-8-7-9-5-3-4-6-10(9)11/h3-6,8H,2,7H2,1H3. The Morgan fingerprint density at radius 2 is 2.18 bits per heavy atom. The Morgan fingerprint density at radius 3 is 3.00 bits per heavy atom. The molecule has 57 valence electrons. The molecule has 1 aromatic rings. The van der Waals surface area contributed by atoms with E-state index in [4.69, 9.17) is 0 Å². The van der Waals surface area contributed by atoms with Crippen LogP contribution in [0, 0.1) is 6.54 Å². The number of rotatable bonds is 1. The molecule has 2 rings (SSSR count). The summed E-state index contributed by atoms with van der Waals surface area (Å²) in [5, 5.41) is 0. The highest BCUT2D eigenvalue weighted by molar-refractivity contribution is 5.59. The number of likely N-dealkylation sites (N-methyl/N-ethyl adjacent to an activating group) is 1. The van der Waals surface area contributed by atoms with Crippen molar-refractivity contribution in [1.29, 1.82) is 0 Å². The summed E-state index contributed by atoms with van der Waals surface area (Å²) >= 11 is 0. The lowest BCUT2D eigenvalue weighted by Gasteiger charge is -2.15. The Kier molecular flexibility index (Phi) is 1.57. The minimum absolute atomic E-state index is 1.08. The molecule has 0 atom stereocenters. The normalized spacial score (nSPS) is 15.2. The second-order valence-corrected chi connectivity index (χ2v) is 2.80. The van der Waals surface area contributed by atoms with Crippen molar-refractivity contribution in [3.05, 3.63) is 36.4 Å². The smallest absolute Gasteiger partial charge is 0.0537 e. The van der Waals surface area contributed by atoms with Gasteiger partial charge in [0.15, 0.2) is 0 Å². The van der Waals surface area contributed by atoms with Gasteiger partial charge in [-0.05, 0) is 25.0 Å². The van der Waals surface area contributed by atoms with Crippen molar-refractivity contribution in [2.24, 2.45) is 0 Å². The van der Waals surface area contributed by atoms with Gasteiger partial charge in [-0.25, -0.2) is 0 Å². The third kappa shape index (κ3) is 1.01. The lowest BCUT2D eigenvalue weighted by atomic mass is 10.2. The summed E-state index contributed by atoms with van der Waals surface area (Å²) < 4.78 is 0. The zero-order valence-electron chi connectivity index (χ0n) is 6.75. The lowest BCUT2D eigenvalue weighted by molar-refractivity contribution is 0.962. The topological polar surface area (TPSA) is 3.24 Å². The summed E-state index contributed by atoms with van der Waals surface area (Å²) in [6, 6.07) is 8.58. The van der Waals surface area contributed by atoms with Gasteiger partial charge in [0.05, 0.1) is 6.54 Å². The van der Waals surface area contributed by atoms with Gasteiger partial charge in [0.1, 0.15) is 0 Å². The van der Waals surface area contributed by atoms with E-state index >= 15 is 0 Å². The monoisotopic (exact) mass is 146 g/mol. The molecular weight excluding hydrogens is 134 g/mol. The van der Waals surface area contributed by atoms with Gasteiger partial charge in [-0.15, -0.1) is 0 Å². The number of anilines is 1. The Morgan fingerprint density at radius 1 is 1.36 bits per heavy atom. The zero-order valence-corrected chi connectivity index (χ0v) is 6.75. The molecule has 1 aromatic carbocycles. The zero-order chi connectivity index (χ0) is 7.68. The molecule has 0 N–H and O–H groups in total. The molecule has 0 amide bonds. The van der Waals surface area contributed by atoms with Crippen molar-refractivity contribution in [3.8, 4) is 0 Å². The third-order valence-electron chi connectivity index (χ3n) is 2.17. The largest absolute Gasteiger partial charge is 0.366 e. The van der Waals surface area contributed by atoms with E-state index in [1.807, 2.05) is 0 Å². The van der Waals surface area contributed by atoms with E-state index in [9.17, 15) is 0 Å². The van der Waals surface area contributed by atoms with E-state index in [-0.39, 0.29) is 0 Å². The molecule has 0 bridgehead atoms. The van der Waals surface area contributed by atoms with Crippen molar-refractivity contribution < 1.29 is 0 Å². The molecule has 0 saturated heterocycles. The first kappa shape index (κ1) is 6.71. The number of nitrogens with zero attached hydrogens (tertiary/aromatic N) is 1. The second-order valence-electron chi connectivity index (χ2n) is 2.80. The molecular formula is C10H12N. The van der Waals surface area contributed by atoms with Gasteiger partial charge in [0.25, 0.3) is 0 Å². The van der Waals surface area contributed by atoms with Crippen molar-refractivity contribution in [3.63, 3.8) is 0 Å².